The summed E-state index contributed by atoms with van der Waals surface area (Å²) >= 11 is 0. The molecule has 1 aromatic rings. The van der Waals surface area contributed by atoms with E-state index in [9.17, 15) is 4.79 Å². The van der Waals surface area contributed by atoms with Crippen molar-refractivity contribution in [3.63, 3.8) is 0 Å². The van der Waals surface area contributed by atoms with Gasteiger partial charge in [0.25, 0.3) is 5.91 Å². The lowest BCUT2D eigenvalue weighted by Gasteiger charge is -2.07. The van der Waals surface area contributed by atoms with E-state index >= 15 is 0 Å². The molecule has 0 saturated carbocycles. The Morgan fingerprint density at radius 2 is 2.05 bits per heavy atom. The molecule has 0 atom stereocenters. The van der Waals surface area contributed by atoms with Gasteiger partial charge >= 0.3 is 0 Å². The Morgan fingerprint density at radius 1 is 1.32 bits per heavy atom. The van der Waals surface area contributed by atoms with Gasteiger partial charge in [-0.25, -0.2) is 0 Å². The molecule has 0 heterocycles. The van der Waals surface area contributed by atoms with Crippen molar-refractivity contribution >= 4 is 11.7 Å². The number of para-hydroxylation sites is 1. The number of hydrogen-bond donors (Lipinski definition) is 3. The van der Waals surface area contributed by atoms with Crippen molar-refractivity contribution in [1.29, 1.82) is 0 Å². The van der Waals surface area contributed by atoms with Gasteiger partial charge in [0, 0.05) is 13.0 Å². The fourth-order valence-corrected chi connectivity index (χ4v) is 1.43. The summed E-state index contributed by atoms with van der Waals surface area (Å²) in [7, 11) is 0. The first-order chi connectivity index (χ1) is 9.22. The molecule has 19 heavy (non-hydrogen) atoms. The second-order valence-electron chi connectivity index (χ2n) is 4.00. The summed E-state index contributed by atoms with van der Waals surface area (Å²) in [6.45, 7) is 0.555. The predicted molar refractivity (Wildman–Crippen MR) is 72.2 cm³/mol. The summed E-state index contributed by atoms with van der Waals surface area (Å²) in [6.07, 6.45) is 2.05. The molecule has 0 aliphatic rings. The average Bonchev–Trinajstić information content (AvgIpc) is 2.45. The van der Waals surface area contributed by atoms with Gasteiger partial charge < -0.3 is 21.0 Å². The zero-order valence-electron chi connectivity index (χ0n) is 10.7. The number of amides is 1. The number of nitrogens with two attached hydrogens (primary N) is 1. The maximum Gasteiger partial charge on any atom is 0.257 e. The minimum Gasteiger partial charge on any atom is -0.484 e. The minimum absolute atomic E-state index is 0.00422. The van der Waals surface area contributed by atoms with Crippen molar-refractivity contribution in [2.24, 2.45) is 10.9 Å². The van der Waals surface area contributed by atoms with E-state index < -0.39 is 0 Å². The molecule has 0 aromatic heterocycles. The number of hydrogen-bond acceptors (Lipinski definition) is 4. The molecule has 0 fully saturated rings. The zero-order chi connectivity index (χ0) is 13.9. The summed E-state index contributed by atoms with van der Waals surface area (Å²) in [5.74, 6) is 0.718. The Kier molecular flexibility index (Phi) is 6.86. The van der Waals surface area contributed by atoms with E-state index in [4.69, 9.17) is 15.7 Å². The van der Waals surface area contributed by atoms with Gasteiger partial charge in [-0.2, -0.15) is 0 Å². The smallest absolute Gasteiger partial charge is 0.257 e. The van der Waals surface area contributed by atoms with Crippen molar-refractivity contribution in [3.05, 3.63) is 30.3 Å². The molecule has 1 amide bonds. The van der Waals surface area contributed by atoms with Gasteiger partial charge in [0.2, 0.25) is 0 Å². The number of amidine groups is 1. The second kappa shape index (κ2) is 8.79. The summed E-state index contributed by atoms with van der Waals surface area (Å²) in [5, 5.41) is 13.9. The van der Waals surface area contributed by atoms with Crippen molar-refractivity contribution < 1.29 is 14.7 Å². The van der Waals surface area contributed by atoms with Crippen molar-refractivity contribution in [1.82, 2.24) is 5.32 Å². The first-order valence-corrected chi connectivity index (χ1v) is 6.13. The number of nitrogens with one attached hydrogen (secondary N) is 1. The van der Waals surface area contributed by atoms with Gasteiger partial charge in [0.05, 0.1) is 0 Å². The Hall–Kier alpha value is -2.24. The van der Waals surface area contributed by atoms with Gasteiger partial charge in [-0.15, -0.1) is 0 Å². The molecular formula is C13H19N3O3. The van der Waals surface area contributed by atoms with Gasteiger partial charge in [0.1, 0.15) is 11.6 Å². The lowest BCUT2D eigenvalue weighted by Crippen LogP contribution is -2.29. The molecular weight excluding hydrogens is 246 g/mol. The molecule has 104 valence electrons. The maximum atomic E-state index is 11.4. The average molecular weight is 265 g/mol. The van der Waals surface area contributed by atoms with Crippen LogP contribution >= 0.6 is 0 Å². The van der Waals surface area contributed by atoms with Crippen LogP contribution in [0, 0.1) is 0 Å². The topological polar surface area (TPSA) is 96.9 Å². The molecule has 4 N–H and O–H groups in total. The number of carbonyl (C=O) groups is 1. The number of unbranched alkanes of at least 4 members (excludes halogenated alkanes) is 1. The SMILES string of the molecule is NC(CCCCNC(=O)COc1ccccc1)=NO. The van der Waals surface area contributed by atoms with Crippen LogP contribution in [0.4, 0.5) is 0 Å². The first-order valence-electron chi connectivity index (χ1n) is 6.13. The highest BCUT2D eigenvalue weighted by atomic mass is 16.5. The van der Waals surface area contributed by atoms with E-state index in [0.29, 0.717) is 18.7 Å². The van der Waals surface area contributed by atoms with Crippen LogP contribution in [0.2, 0.25) is 0 Å². The monoisotopic (exact) mass is 265 g/mol. The molecule has 0 saturated heterocycles. The van der Waals surface area contributed by atoms with Gasteiger partial charge in [-0.05, 0) is 25.0 Å². The van der Waals surface area contributed by atoms with Crippen LogP contribution < -0.4 is 15.8 Å². The number of nitrogens with zero attached hydrogens (tertiary/aromatic N) is 1. The van der Waals surface area contributed by atoms with Crippen molar-refractivity contribution in [2.45, 2.75) is 19.3 Å². The van der Waals surface area contributed by atoms with E-state index in [0.717, 1.165) is 12.8 Å². The van der Waals surface area contributed by atoms with E-state index in [2.05, 4.69) is 10.5 Å². The standard InChI is InChI=1S/C13H19N3O3/c14-12(16-18)8-4-5-9-15-13(17)10-19-11-6-2-1-3-7-11/h1-3,6-7,18H,4-5,8-10H2,(H2,14,16)(H,15,17). The Bertz CT molecular complexity index is 407. The van der Waals surface area contributed by atoms with E-state index in [1.807, 2.05) is 18.2 Å². The number of rotatable bonds is 8. The van der Waals surface area contributed by atoms with Gasteiger partial charge in [-0.1, -0.05) is 23.4 Å². The van der Waals surface area contributed by atoms with E-state index in [1.165, 1.54) is 0 Å². The highest BCUT2D eigenvalue weighted by Gasteiger charge is 2.01. The Labute approximate surface area is 112 Å². The second-order valence-corrected chi connectivity index (χ2v) is 4.00. The lowest BCUT2D eigenvalue weighted by atomic mass is 10.2. The van der Waals surface area contributed by atoms with Crippen LogP contribution in [0.5, 0.6) is 5.75 Å². The fraction of sp³-hybridized carbons (Fsp3) is 0.385. The van der Waals surface area contributed by atoms with Crippen LogP contribution in [0.3, 0.4) is 0 Å². The number of benzene rings is 1. The van der Waals surface area contributed by atoms with Crippen LogP contribution in [-0.2, 0) is 4.79 Å². The highest BCUT2D eigenvalue weighted by molar-refractivity contribution is 5.79. The molecule has 0 bridgehead atoms. The third kappa shape index (κ3) is 6.92. The number of oxime groups is 1. The normalized spacial score (nSPS) is 11.1. The van der Waals surface area contributed by atoms with Crippen LogP contribution in [0.1, 0.15) is 19.3 Å². The highest BCUT2D eigenvalue weighted by Crippen LogP contribution is 2.07. The molecule has 0 spiro atoms. The first kappa shape index (κ1) is 14.8. The maximum absolute atomic E-state index is 11.4. The minimum atomic E-state index is -0.160. The number of carbonyl (C=O) groups excluding carboxylic acids is 1. The van der Waals surface area contributed by atoms with Gasteiger partial charge in [-0.3, -0.25) is 4.79 Å². The van der Waals surface area contributed by atoms with Crippen LogP contribution in [-0.4, -0.2) is 30.1 Å². The van der Waals surface area contributed by atoms with Crippen LogP contribution in [0.25, 0.3) is 0 Å². The van der Waals surface area contributed by atoms with E-state index in [-0.39, 0.29) is 18.3 Å². The van der Waals surface area contributed by atoms with Crippen molar-refractivity contribution in [3.8, 4) is 5.75 Å². The summed E-state index contributed by atoms with van der Waals surface area (Å²) in [4.78, 5) is 11.4. The summed E-state index contributed by atoms with van der Waals surface area (Å²) in [5.41, 5.74) is 5.32. The third-order valence-corrected chi connectivity index (χ3v) is 2.42. The van der Waals surface area contributed by atoms with Gasteiger partial charge in [0.15, 0.2) is 6.61 Å². The van der Waals surface area contributed by atoms with E-state index in [1.54, 1.807) is 12.1 Å². The third-order valence-electron chi connectivity index (χ3n) is 2.42. The molecule has 0 aliphatic carbocycles. The summed E-state index contributed by atoms with van der Waals surface area (Å²) < 4.78 is 5.30. The molecule has 1 rings (SSSR count). The molecule has 6 heteroatoms. The molecule has 6 nitrogen and oxygen atoms in total. The van der Waals surface area contributed by atoms with Crippen LogP contribution in [0.15, 0.2) is 35.5 Å². The molecule has 0 radical (unpaired) electrons. The Morgan fingerprint density at radius 3 is 2.74 bits per heavy atom. The lowest BCUT2D eigenvalue weighted by molar-refractivity contribution is -0.123. The summed E-state index contributed by atoms with van der Waals surface area (Å²) in [6, 6.07) is 9.17. The molecule has 0 unspecified atom stereocenters. The fourth-order valence-electron chi connectivity index (χ4n) is 1.43. The number of ether oxygens (including phenoxy) is 1. The largest absolute Gasteiger partial charge is 0.484 e. The quantitative estimate of drug-likeness (QED) is 0.215. The van der Waals surface area contributed by atoms with Crippen molar-refractivity contribution in [2.75, 3.05) is 13.2 Å². The molecule has 0 aliphatic heterocycles. The zero-order valence-corrected chi connectivity index (χ0v) is 10.7. The Balaban J connectivity index is 2.05. The molecule has 1 aromatic carbocycles. The predicted octanol–water partition coefficient (Wildman–Crippen LogP) is 1.10.